The Morgan fingerprint density at radius 3 is 2.42 bits per heavy atom. The summed E-state index contributed by atoms with van der Waals surface area (Å²) < 4.78 is 53.9. The molecule has 10 heteroatoms. The molecule has 0 radical (unpaired) electrons. The van der Waals surface area contributed by atoms with E-state index >= 15 is 0 Å². The van der Waals surface area contributed by atoms with Crippen LogP contribution in [0.1, 0.15) is 18.1 Å². The molecule has 0 unspecified atom stereocenters. The summed E-state index contributed by atoms with van der Waals surface area (Å²) in [7, 11) is -2.59. The number of thioether (sulfide) groups is 1. The summed E-state index contributed by atoms with van der Waals surface area (Å²) in [5.74, 6) is 0.129. The normalized spacial score (nSPS) is 16.1. The van der Waals surface area contributed by atoms with Gasteiger partial charge >= 0.3 is 0 Å². The SMILES string of the molecule is CCN1C(=O)/C(=C/c2ccc(OC)c(OCc3ccccc3)c2)SC1=NS(=O)(=O)c1ccc(F)cc1. The van der Waals surface area contributed by atoms with E-state index in [0.29, 0.717) is 28.6 Å². The van der Waals surface area contributed by atoms with Crippen molar-refractivity contribution in [1.29, 1.82) is 0 Å². The zero-order valence-corrected chi connectivity index (χ0v) is 21.2. The number of hydrogen-bond acceptors (Lipinski definition) is 6. The molecule has 0 N–H and O–H groups in total. The summed E-state index contributed by atoms with van der Waals surface area (Å²) in [5.41, 5.74) is 1.67. The van der Waals surface area contributed by atoms with Gasteiger partial charge in [0.25, 0.3) is 15.9 Å². The van der Waals surface area contributed by atoms with Crippen LogP contribution < -0.4 is 9.47 Å². The molecule has 1 saturated heterocycles. The smallest absolute Gasteiger partial charge is 0.284 e. The minimum Gasteiger partial charge on any atom is -0.493 e. The maximum Gasteiger partial charge on any atom is 0.284 e. The van der Waals surface area contributed by atoms with Gasteiger partial charge in [0.2, 0.25) is 0 Å². The van der Waals surface area contributed by atoms with E-state index in [-0.39, 0.29) is 22.5 Å². The number of carbonyl (C=O) groups excluding carboxylic acids is 1. The lowest BCUT2D eigenvalue weighted by atomic mass is 10.1. The molecule has 1 aliphatic heterocycles. The van der Waals surface area contributed by atoms with Crippen LogP contribution in [0.15, 0.2) is 87.0 Å². The predicted octanol–water partition coefficient (Wildman–Crippen LogP) is 5.09. The molecule has 186 valence electrons. The van der Waals surface area contributed by atoms with Gasteiger partial charge in [-0.15, -0.1) is 4.40 Å². The summed E-state index contributed by atoms with van der Waals surface area (Å²) in [5, 5.41) is 0.0344. The van der Waals surface area contributed by atoms with Crippen molar-refractivity contribution < 1.29 is 27.1 Å². The van der Waals surface area contributed by atoms with E-state index in [2.05, 4.69) is 4.40 Å². The fourth-order valence-electron chi connectivity index (χ4n) is 3.40. The average Bonchev–Trinajstić information content (AvgIpc) is 3.16. The van der Waals surface area contributed by atoms with Crippen LogP contribution in [0.2, 0.25) is 0 Å². The monoisotopic (exact) mass is 526 g/mol. The highest BCUT2D eigenvalue weighted by Crippen LogP contribution is 2.35. The second kappa shape index (κ2) is 11.0. The van der Waals surface area contributed by atoms with Crippen molar-refractivity contribution in [2.45, 2.75) is 18.4 Å². The zero-order valence-electron chi connectivity index (χ0n) is 19.5. The van der Waals surface area contributed by atoms with E-state index in [1.807, 2.05) is 30.3 Å². The van der Waals surface area contributed by atoms with Crippen LogP contribution in [0.4, 0.5) is 4.39 Å². The molecule has 1 heterocycles. The molecule has 4 rings (SSSR count). The molecule has 0 saturated carbocycles. The molecule has 0 atom stereocenters. The Balaban J connectivity index is 1.61. The topological polar surface area (TPSA) is 85.3 Å². The van der Waals surface area contributed by atoms with Crippen LogP contribution in [0.3, 0.4) is 0 Å². The van der Waals surface area contributed by atoms with Gasteiger partial charge in [-0.25, -0.2) is 4.39 Å². The van der Waals surface area contributed by atoms with Gasteiger partial charge in [0.05, 0.1) is 16.9 Å². The molecule has 0 bridgehead atoms. The number of amides is 1. The van der Waals surface area contributed by atoms with Crippen LogP contribution >= 0.6 is 11.8 Å². The molecule has 3 aromatic rings. The molecule has 1 amide bonds. The van der Waals surface area contributed by atoms with Crippen molar-refractivity contribution in [2.75, 3.05) is 13.7 Å². The number of ether oxygens (including phenoxy) is 2. The van der Waals surface area contributed by atoms with Gasteiger partial charge in [-0.05, 0) is 72.3 Å². The van der Waals surface area contributed by atoms with Gasteiger partial charge in [-0.1, -0.05) is 36.4 Å². The van der Waals surface area contributed by atoms with Gasteiger partial charge in [0.1, 0.15) is 12.4 Å². The standard InChI is InChI=1S/C26H23FN2O5S2/c1-3-29-25(30)24(35-26(29)28-36(31,32)21-12-10-20(27)11-13-21)16-19-9-14-22(33-2)23(15-19)34-17-18-7-5-4-6-8-18/h4-16H,3,17H2,1-2H3/b24-16-,28-26?. The van der Waals surface area contributed by atoms with E-state index in [4.69, 9.17) is 9.47 Å². The van der Waals surface area contributed by atoms with Crippen LogP contribution in [0.25, 0.3) is 6.08 Å². The average molecular weight is 527 g/mol. The highest BCUT2D eigenvalue weighted by Gasteiger charge is 2.34. The third-order valence-corrected chi connectivity index (χ3v) is 7.64. The van der Waals surface area contributed by atoms with Crippen molar-refractivity contribution in [2.24, 2.45) is 4.40 Å². The maximum atomic E-state index is 13.2. The van der Waals surface area contributed by atoms with Crippen LogP contribution in [0.5, 0.6) is 11.5 Å². The largest absolute Gasteiger partial charge is 0.493 e. The lowest BCUT2D eigenvalue weighted by Crippen LogP contribution is -2.29. The molecular weight excluding hydrogens is 503 g/mol. The van der Waals surface area contributed by atoms with E-state index in [0.717, 1.165) is 41.6 Å². The van der Waals surface area contributed by atoms with Crippen LogP contribution in [0, 0.1) is 5.82 Å². The second-order valence-electron chi connectivity index (χ2n) is 7.65. The van der Waals surface area contributed by atoms with E-state index in [9.17, 15) is 17.6 Å². The molecule has 0 spiro atoms. The Kier molecular flexibility index (Phi) is 7.76. The Bertz CT molecular complexity index is 1420. The van der Waals surface area contributed by atoms with Crippen LogP contribution in [-0.2, 0) is 21.4 Å². The number of halogens is 1. The Labute approximate surface area is 213 Å². The molecule has 3 aromatic carbocycles. The number of benzene rings is 3. The first-order chi connectivity index (χ1) is 17.3. The molecule has 1 aliphatic rings. The molecule has 1 fully saturated rings. The lowest BCUT2D eigenvalue weighted by Gasteiger charge is -2.12. The summed E-state index contributed by atoms with van der Waals surface area (Å²) >= 11 is 0.959. The molecule has 36 heavy (non-hydrogen) atoms. The highest BCUT2D eigenvalue weighted by atomic mass is 32.2. The second-order valence-corrected chi connectivity index (χ2v) is 10.3. The van der Waals surface area contributed by atoms with Gasteiger partial charge in [0, 0.05) is 6.54 Å². The fraction of sp³-hybridized carbons (Fsp3) is 0.154. The summed E-state index contributed by atoms with van der Waals surface area (Å²) in [6, 6.07) is 19.3. The van der Waals surface area contributed by atoms with Gasteiger partial charge in [-0.3, -0.25) is 9.69 Å². The van der Waals surface area contributed by atoms with E-state index in [1.165, 1.54) is 4.90 Å². The Morgan fingerprint density at radius 1 is 1.03 bits per heavy atom. The third kappa shape index (κ3) is 5.77. The fourth-order valence-corrected chi connectivity index (χ4v) is 5.64. The molecule has 0 aliphatic carbocycles. The number of carbonyl (C=O) groups is 1. The predicted molar refractivity (Wildman–Crippen MR) is 138 cm³/mol. The number of sulfonamides is 1. The summed E-state index contributed by atoms with van der Waals surface area (Å²) in [6.45, 7) is 2.30. The Hall–Kier alpha value is -3.63. The van der Waals surface area contributed by atoms with Crippen molar-refractivity contribution in [3.8, 4) is 11.5 Å². The molecule has 0 aromatic heterocycles. The number of nitrogens with zero attached hydrogens (tertiary/aromatic N) is 2. The first-order valence-corrected chi connectivity index (χ1v) is 13.2. The zero-order chi connectivity index (χ0) is 25.7. The van der Waals surface area contributed by atoms with Crippen molar-refractivity contribution in [3.05, 3.63) is 94.6 Å². The minimum atomic E-state index is -4.13. The van der Waals surface area contributed by atoms with Gasteiger partial charge in [-0.2, -0.15) is 8.42 Å². The Morgan fingerprint density at radius 2 is 1.75 bits per heavy atom. The number of methoxy groups -OCH3 is 1. The number of amidine groups is 1. The minimum absolute atomic E-state index is 0.0344. The summed E-state index contributed by atoms with van der Waals surface area (Å²) in [4.78, 5) is 14.4. The van der Waals surface area contributed by atoms with Crippen LogP contribution in [-0.4, -0.2) is 38.0 Å². The van der Waals surface area contributed by atoms with E-state index in [1.54, 1.807) is 38.3 Å². The first-order valence-electron chi connectivity index (χ1n) is 11.0. The van der Waals surface area contributed by atoms with E-state index < -0.39 is 15.8 Å². The number of rotatable bonds is 8. The number of likely N-dealkylation sites (N-methyl/N-ethyl adjacent to an activating group) is 1. The third-order valence-electron chi connectivity index (χ3n) is 5.24. The molecular formula is C26H23FN2O5S2. The number of hydrogen-bond donors (Lipinski definition) is 0. The lowest BCUT2D eigenvalue weighted by molar-refractivity contribution is -0.122. The quantitative estimate of drug-likeness (QED) is 0.380. The van der Waals surface area contributed by atoms with Crippen molar-refractivity contribution in [3.63, 3.8) is 0 Å². The highest BCUT2D eigenvalue weighted by molar-refractivity contribution is 8.19. The van der Waals surface area contributed by atoms with Crippen molar-refractivity contribution >= 4 is 38.9 Å². The molecule has 7 nitrogen and oxygen atoms in total. The van der Waals surface area contributed by atoms with Crippen molar-refractivity contribution in [1.82, 2.24) is 4.90 Å². The first kappa shape index (κ1) is 25.5. The maximum absolute atomic E-state index is 13.2. The van der Waals surface area contributed by atoms with Gasteiger partial charge < -0.3 is 9.47 Å². The van der Waals surface area contributed by atoms with Gasteiger partial charge in [0.15, 0.2) is 16.7 Å². The summed E-state index contributed by atoms with van der Waals surface area (Å²) in [6.07, 6.45) is 1.65.